The molecule has 104 valence electrons. The standard InChI is InChI=1S/C17H13FN2O/c18-16-4-2-1-3-13(16)14-9-15(14)17(21)20-12-7-5-11(10-19)6-8-12/h1-8,14-15H,9H2,(H,20,21). The van der Waals surface area contributed by atoms with E-state index in [0.29, 0.717) is 23.2 Å². The molecule has 0 aromatic heterocycles. The molecule has 2 unspecified atom stereocenters. The molecule has 3 rings (SSSR count). The lowest BCUT2D eigenvalue weighted by Crippen LogP contribution is -2.14. The minimum atomic E-state index is -0.254. The fraction of sp³-hybridized carbons (Fsp3) is 0.176. The van der Waals surface area contributed by atoms with E-state index in [0.717, 1.165) is 0 Å². The van der Waals surface area contributed by atoms with Crippen LogP contribution in [-0.4, -0.2) is 5.91 Å². The van der Waals surface area contributed by atoms with Crippen molar-refractivity contribution in [3.05, 3.63) is 65.5 Å². The second-order valence-corrected chi connectivity index (χ2v) is 5.15. The van der Waals surface area contributed by atoms with E-state index >= 15 is 0 Å². The molecule has 2 atom stereocenters. The predicted molar refractivity (Wildman–Crippen MR) is 77.0 cm³/mol. The van der Waals surface area contributed by atoms with Gasteiger partial charge in [-0.3, -0.25) is 4.79 Å². The predicted octanol–water partition coefficient (Wildman–Crippen LogP) is 3.44. The summed E-state index contributed by atoms with van der Waals surface area (Å²) in [7, 11) is 0. The number of carbonyl (C=O) groups is 1. The largest absolute Gasteiger partial charge is 0.326 e. The Morgan fingerprint density at radius 2 is 1.90 bits per heavy atom. The van der Waals surface area contributed by atoms with Gasteiger partial charge in [-0.05, 0) is 48.2 Å². The zero-order valence-corrected chi connectivity index (χ0v) is 11.2. The molecular formula is C17H13FN2O. The summed E-state index contributed by atoms with van der Waals surface area (Å²) in [6.07, 6.45) is 0.670. The first-order chi connectivity index (χ1) is 10.2. The van der Waals surface area contributed by atoms with Crippen LogP contribution in [0.2, 0.25) is 0 Å². The van der Waals surface area contributed by atoms with Gasteiger partial charge in [0.25, 0.3) is 0 Å². The molecule has 0 aliphatic heterocycles. The smallest absolute Gasteiger partial charge is 0.228 e. The first-order valence-corrected chi connectivity index (χ1v) is 6.74. The summed E-state index contributed by atoms with van der Waals surface area (Å²) < 4.78 is 13.7. The first-order valence-electron chi connectivity index (χ1n) is 6.74. The molecule has 1 amide bonds. The summed E-state index contributed by atoms with van der Waals surface area (Å²) in [6, 6.07) is 15.3. The number of amides is 1. The second-order valence-electron chi connectivity index (χ2n) is 5.15. The highest BCUT2D eigenvalue weighted by atomic mass is 19.1. The van der Waals surface area contributed by atoms with Gasteiger partial charge in [-0.15, -0.1) is 0 Å². The van der Waals surface area contributed by atoms with E-state index in [1.54, 1.807) is 42.5 Å². The first kappa shape index (κ1) is 13.3. The van der Waals surface area contributed by atoms with Gasteiger partial charge in [0.2, 0.25) is 5.91 Å². The number of nitrogens with zero attached hydrogens (tertiary/aromatic N) is 1. The third kappa shape index (κ3) is 2.77. The van der Waals surface area contributed by atoms with Crippen molar-refractivity contribution >= 4 is 11.6 Å². The van der Waals surface area contributed by atoms with Gasteiger partial charge in [0, 0.05) is 11.6 Å². The molecule has 1 aliphatic rings. The lowest BCUT2D eigenvalue weighted by Gasteiger charge is -2.05. The van der Waals surface area contributed by atoms with Crippen molar-refractivity contribution in [3.8, 4) is 6.07 Å². The van der Waals surface area contributed by atoms with E-state index in [4.69, 9.17) is 5.26 Å². The molecule has 0 heterocycles. The number of carbonyl (C=O) groups excluding carboxylic acids is 1. The third-order valence-corrected chi connectivity index (χ3v) is 3.71. The van der Waals surface area contributed by atoms with Crippen LogP contribution in [0.25, 0.3) is 0 Å². The molecule has 0 spiro atoms. The van der Waals surface area contributed by atoms with E-state index in [2.05, 4.69) is 5.32 Å². The number of hydrogen-bond acceptors (Lipinski definition) is 2. The highest BCUT2D eigenvalue weighted by Gasteiger charge is 2.45. The Morgan fingerprint density at radius 1 is 1.19 bits per heavy atom. The van der Waals surface area contributed by atoms with E-state index in [1.165, 1.54) is 6.07 Å². The van der Waals surface area contributed by atoms with E-state index < -0.39 is 0 Å². The normalized spacial score (nSPS) is 19.6. The lowest BCUT2D eigenvalue weighted by molar-refractivity contribution is -0.117. The van der Waals surface area contributed by atoms with Gasteiger partial charge in [-0.25, -0.2) is 4.39 Å². The number of halogens is 1. The molecule has 1 N–H and O–H groups in total. The van der Waals surface area contributed by atoms with Crippen LogP contribution in [0, 0.1) is 23.1 Å². The maximum Gasteiger partial charge on any atom is 0.228 e. The topological polar surface area (TPSA) is 52.9 Å². The maximum atomic E-state index is 13.7. The van der Waals surface area contributed by atoms with Crippen molar-refractivity contribution in [2.24, 2.45) is 5.92 Å². The van der Waals surface area contributed by atoms with Gasteiger partial charge in [0.15, 0.2) is 0 Å². The molecular weight excluding hydrogens is 267 g/mol. The molecule has 4 heteroatoms. The van der Waals surface area contributed by atoms with Gasteiger partial charge >= 0.3 is 0 Å². The van der Waals surface area contributed by atoms with Crippen LogP contribution in [-0.2, 0) is 4.79 Å². The van der Waals surface area contributed by atoms with E-state index in [1.807, 2.05) is 6.07 Å². The number of nitriles is 1. The Morgan fingerprint density at radius 3 is 2.57 bits per heavy atom. The highest BCUT2D eigenvalue weighted by Crippen LogP contribution is 2.48. The minimum Gasteiger partial charge on any atom is -0.326 e. The monoisotopic (exact) mass is 280 g/mol. The van der Waals surface area contributed by atoms with E-state index in [-0.39, 0.29) is 23.6 Å². The fourth-order valence-corrected chi connectivity index (χ4v) is 2.47. The number of hydrogen-bond donors (Lipinski definition) is 1. The van der Waals surface area contributed by atoms with Crippen LogP contribution in [0.15, 0.2) is 48.5 Å². The summed E-state index contributed by atoms with van der Waals surface area (Å²) in [5, 5.41) is 11.5. The zero-order chi connectivity index (χ0) is 14.8. The lowest BCUT2D eigenvalue weighted by atomic mass is 10.1. The molecule has 3 nitrogen and oxygen atoms in total. The van der Waals surface area contributed by atoms with Crippen molar-refractivity contribution < 1.29 is 9.18 Å². The third-order valence-electron chi connectivity index (χ3n) is 3.71. The second kappa shape index (κ2) is 5.37. The Hall–Kier alpha value is -2.67. The Bertz CT molecular complexity index is 718. The minimum absolute atomic E-state index is 0.0374. The van der Waals surface area contributed by atoms with Gasteiger partial charge in [0.05, 0.1) is 11.6 Å². The van der Waals surface area contributed by atoms with Crippen LogP contribution in [0.1, 0.15) is 23.5 Å². The molecule has 1 saturated carbocycles. The van der Waals surface area contributed by atoms with Crippen LogP contribution in [0.3, 0.4) is 0 Å². The average molecular weight is 280 g/mol. The summed E-state index contributed by atoms with van der Waals surface area (Å²) in [5.74, 6) is -0.578. The quantitative estimate of drug-likeness (QED) is 0.936. The van der Waals surface area contributed by atoms with Crippen molar-refractivity contribution in [2.75, 3.05) is 5.32 Å². The summed E-state index contributed by atoms with van der Waals surface area (Å²) in [5.41, 5.74) is 1.80. The van der Waals surface area contributed by atoms with Gasteiger partial charge < -0.3 is 5.32 Å². The number of rotatable bonds is 3. The van der Waals surface area contributed by atoms with Gasteiger partial charge in [-0.1, -0.05) is 18.2 Å². The molecule has 0 bridgehead atoms. The average Bonchev–Trinajstić information content (AvgIpc) is 3.29. The van der Waals surface area contributed by atoms with Crippen molar-refractivity contribution in [2.45, 2.75) is 12.3 Å². The molecule has 1 aliphatic carbocycles. The van der Waals surface area contributed by atoms with Crippen molar-refractivity contribution in [1.29, 1.82) is 5.26 Å². The number of nitrogens with one attached hydrogen (secondary N) is 1. The Balaban J connectivity index is 1.65. The van der Waals surface area contributed by atoms with Crippen LogP contribution >= 0.6 is 0 Å². The summed E-state index contributed by atoms with van der Waals surface area (Å²) >= 11 is 0. The van der Waals surface area contributed by atoms with Crippen LogP contribution in [0.4, 0.5) is 10.1 Å². The molecule has 2 aromatic rings. The molecule has 1 fully saturated rings. The molecule has 21 heavy (non-hydrogen) atoms. The SMILES string of the molecule is N#Cc1ccc(NC(=O)C2CC2c2ccccc2F)cc1. The highest BCUT2D eigenvalue weighted by molar-refractivity contribution is 5.95. The zero-order valence-electron chi connectivity index (χ0n) is 11.2. The molecule has 0 radical (unpaired) electrons. The number of benzene rings is 2. The van der Waals surface area contributed by atoms with Crippen LogP contribution in [0.5, 0.6) is 0 Å². The summed E-state index contributed by atoms with van der Waals surface area (Å²) in [6.45, 7) is 0. The molecule has 0 saturated heterocycles. The Labute approximate surface area is 122 Å². The van der Waals surface area contributed by atoms with Crippen molar-refractivity contribution in [1.82, 2.24) is 0 Å². The summed E-state index contributed by atoms with van der Waals surface area (Å²) in [4.78, 5) is 12.1. The number of anilines is 1. The van der Waals surface area contributed by atoms with Crippen LogP contribution < -0.4 is 5.32 Å². The van der Waals surface area contributed by atoms with Crippen molar-refractivity contribution in [3.63, 3.8) is 0 Å². The maximum absolute atomic E-state index is 13.7. The fourth-order valence-electron chi connectivity index (χ4n) is 2.47. The molecule has 2 aromatic carbocycles. The van der Waals surface area contributed by atoms with E-state index in [9.17, 15) is 9.18 Å². The Kier molecular flexibility index (Phi) is 3.41. The van der Waals surface area contributed by atoms with Gasteiger partial charge in [-0.2, -0.15) is 5.26 Å². The van der Waals surface area contributed by atoms with Gasteiger partial charge in [0.1, 0.15) is 5.82 Å².